The van der Waals surface area contributed by atoms with Gasteiger partial charge in [0.1, 0.15) is 0 Å². The van der Waals surface area contributed by atoms with E-state index in [9.17, 15) is 0 Å². The quantitative estimate of drug-likeness (QED) is 0.837. The SMILES string of the molecule is CC1CCC(CCNC2CC3CCC(C2)N3C)CC1. The molecule has 3 fully saturated rings. The van der Waals surface area contributed by atoms with Crippen LogP contribution in [0.15, 0.2) is 0 Å². The maximum absolute atomic E-state index is 3.87. The predicted molar refractivity (Wildman–Crippen MR) is 81.3 cm³/mol. The first kappa shape index (κ1) is 13.9. The van der Waals surface area contributed by atoms with Gasteiger partial charge in [0.05, 0.1) is 0 Å². The van der Waals surface area contributed by atoms with E-state index in [4.69, 9.17) is 0 Å². The minimum Gasteiger partial charge on any atom is -0.314 e. The maximum atomic E-state index is 3.87. The van der Waals surface area contributed by atoms with Crippen molar-refractivity contribution in [1.29, 1.82) is 0 Å². The van der Waals surface area contributed by atoms with E-state index < -0.39 is 0 Å². The van der Waals surface area contributed by atoms with Gasteiger partial charge in [0, 0.05) is 18.1 Å². The van der Waals surface area contributed by atoms with Gasteiger partial charge in [-0.25, -0.2) is 0 Å². The largest absolute Gasteiger partial charge is 0.314 e. The van der Waals surface area contributed by atoms with E-state index in [0.717, 1.165) is 30.0 Å². The first-order valence-electron chi connectivity index (χ1n) is 8.67. The van der Waals surface area contributed by atoms with Crippen molar-refractivity contribution in [3.63, 3.8) is 0 Å². The van der Waals surface area contributed by atoms with Crippen molar-refractivity contribution in [2.24, 2.45) is 11.8 Å². The molecule has 3 rings (SSSR count). The summed E-state index contributed by atoms with van der Waals surface area (Å²) in [4.78, 5) is 2.64. The molecule has 2 saturated heterocycles. The van der Waals surface area contributed by atoms with Gasteiger partial charge in [-0.3, -0.25) is 0 Å². The van der Waals surface area contributed by atoms with Gasteiger partial charge in [-0.1, -0.05) is 32.6 Å². The highest BCUT2D eigenvalue weighted by Gasteiger charge is 2.38. The molecule has 0 spiro atoms. The highest BCUT2D eigenvalue weighted by molar-refractivity contribution is 4.95. The van der Waals surface area contributed by atoms with Gasteiger partial charge in [-0.2, -0.15) is 0 Å². The molecular formula is C17H32N2. The van der Waals surface area contributed by atoms with Crippen LogP contribution in [0.4, 0.5) is 0 Å². The van der Waals surface area contributed by atoms with Crippen LogP contribution < -0.4 is 5.32 Å². The molecule has 1 saturated carbocycles. The average Bonchev–Trinajstić information content (AvgIpc) is 2.64. The topological polar surface area (TPSA) is 15.3 Å². The van der Waals surface area contributed by atoms with Gasteiger partial charge in [-0.05, 0) is 57.5 Å². The van der Waals surface area contributed by atoms with E-state index in [1.54, 1.807) is 0 Å². The van der Waals surface area contributed by atoms with Crippen LogP contribution in [0.1, 0.15) is 64.7 Å². The number of nitrogens with zero attached hydrogens (tertiary/aromatic N) is 1. The molecule has 1 aliphatic carbocycles. The first-order chi connectivity index (χ1) is 9.22. The molecule has 2 bridgehead atoms. The second-order valence-electron chi connectivity index (χ2n) is 7.59. The van der Waals surface area contributed by atoms with E-state index in [-0.39, 0.29) is 0 Å². The molecule has 0 aromatic carbocycles. The zero-order chi connectivity index (χ0) is 13.2. The van der Waals surface area contributed by atoms with E-state index in [0.29, 0.717) is 0 Å². The first-order valence-corrected chi connectivity index (χ1v) is 8.67. The molecule has 0 radical (unpaired) electrons. The number of hydrogen-bond donors (Lipinski definition) is 1. The van der Waals surface area contributed by atoms with Crippen molar-refractivity contribution in [3.8, 4) is 0 Å². The Bertz CT molecular complexity index is 269. The fourth-order valence-corrected chi connectivity index (χ4v) is 4.69. The normalized spacial score (nSPS) is 43.6. The molecule has 0 aromatic rings. The van der Waals surface area contributed by atoms with Crippen LogP contribution in [-0.4, -0.2) is 36.6 Å². The summed E-state index contributed by atoms with van der Waals surface area (Å²) in [6, 6.07) is 2.58. The Labute approximate surface area is 119 Å². The van der Waals surface area contributed by atoms with E-state index in [1.165, 1.54) is 64.3 Å². The molecule has 0 aromatic heterocycles. The lowest BCUT2D eigenvalue weighted by Crippen LogP contribution is -2.47. The van der Waals surface area contributed by atoms with Crippen LogP contribution in [0.25, 0.3) is 0 Å². The second kappa shape index (κ2) is 6.13. The molecule has 2 heterocycles. The lowest BCUT2D eigenvalue weighted by molar-refractivity contribution is 0.147. The number of nitrogens with one attached hydrogen (secondary N) is 1. The minimum atomic E-state index is 0.816. The Balaban J connectivity index is 1.35. The average molecular weight is 264 g/mol. The molecule has 0 amide bonds. The lowest BCUT2D eigenvalue weighted by atomic mass is 9.81. The smallest absolute Gasteiger partial charge is 0.0111 e. The third kappa shape index (κ3) is 3.33. The van der Waals surface area contributed by atoms with Gasteiger partial charge in [0.15, 0.2) is 0 Å². The summed E-state index contributed by atoms with van der Waals surface area (Å²) in [5, 5.41) is 3.87. The van der Waals surface area contributed by atoms with E-state index in [1.807, 2.05) is 0 Å². The van der Waals surface area contributed by atoms with E-state index in [2.05, 4.69) is 24.2 Å². The van der Waals surface area contributed by atoms with Crippen LogP contribution >= 0.6 is 0 Å². The molecule has 2 atom stereocenters. The summed E-state index contributed by atoms with van der Waals surface area (Å²) in [5.41, 5.74) is 0. The zero-order valence-corrected chi connectivity index (χ0v) is 12.9. The van der Waals surface area contributed by atoms with Gasteiger partial charge >= 0.3 is 0 Å². The number of piperidine rings is 1. The van der Waals surface area contributed by atoms with Crippen LogP contribution in [-0.2, 0) is 0 Å². The summed E-state index contributed by atoms with van der Waals surface area (Å²) in [6.45, 7) is 3.69. The summed E-state index contributed by atoms with van der Waals surface area (Å²) < 4.78 is 0. The maximum Gasteiger partial charge on any atom is 0.0111 e. The molecular weight excluding hydrogens is 232 g/mol. The summed E-state index contributed by atoms with van der Waals surface area (Å²) in [5.74, 6) is 2.01. The molecule has 2 heteroatoms. The summed E-state index contributed by atoms with van der Waals surface area (Å²) in [6.07, 6.45) is 13.0. The van der Waals surface area contributed by atoms with Crippen molar-refractivity contribution in [2.75, 3.05) is 13.6 Å². The lowest BCUT2D eigenvalue weighted by Gasteiger charge is -2.37. The Hall–Kier alpha value is -0.0800. The van der Waals surface area contributed by atoms with Crippen molar-refractivity contribution >= 4 is 0 Å². The molecule has 2 aliphatic heterocycles. The Morgan fingerprint density at radius 2 is 1.58 bits per heavy atom. The van der Waals surface area contributed by atoms with Crippen molar-refractivity contribution in [3.05, 3.63) is 0 Å². The number of rotatable bonds is 4. The summed E-state index contributed by atoms with van der Waals surface area (Å²) >= 11 is 0. The fraction of sp³-hybridized carbons (Fsp3) is 1.00. The van der Waals surface area contributed by atoms with E-state index >= 15 is 0 Å². The van der Waals surface area contributed by atoms with Gasteiger partial charge < -0.3 is 10.2 Å². The molecule has 3 aliphatic rings. The Kier molecular flexibility index (Phi) is 4.48. The van der Waals surface area contributed by atoms with Crippen LogP contribution in [0.5, 0.6) is 0 Å². The van der Waals surface area contributed by atoms with Gasteiger partial charge in [-0.15, -0.1) is 0 Å². The van der Waals surface area contributed by atoms with Crippen LogP contribution in [0.2, 0.25) is 0 Å². The molecule has 2 unspecified atom stereocenters. The third-order valence-corrected chi connectivity index (χ3v) is 6.22. The highest BCUT2D eigenvalue weighted by atomic mass is 15.2. The Morgan fingerprint density at radius 1 is 0.947 bits per heavy atom. The third-order valence-electron chi connectivity index (χ3n) is 6.22. The van der Waals surface area contributed by atoms with Gasteiger partial charge in [0.2, 0.25) is 0 Å². The monoisotopic (exact) mass is 264 g/mol. The molecule has 19 heavy (non-hydrogen) atoms. The second-order valence-corrected chi connectivity index (χ2v) is 7.59. The van der Waals surface area contributed by atoms with Crippen molar-refractivity contribution < 1.29 is 0 Å². The van der Waals surface area contributed by atoms with Crippen molar-refractivity contribution in [1.82, 2.24) is 10.2 Å². The summed E-state index contributed by atoms with van der Waals surface area (Å²) in [7, 11) is 2.34. The molecule has 2 nitrogen and oxygen atoms in total. The number of fused-ring (bicyclic) bond motifs is 2. The molecule has 1 N–H and O–H groups in total. The fourth-order valence-electron chi connectivity index (χ4n) is 4.69. The zero-order valence-electron chi connectivity index (χ0n) is 12.9. The van der Waals surface area contributed by atoms with Crippen LogP contribution in [0, 0.1) is 11.8 Å². The van der Waals surface area contributed by atoms with Gasteiger partial charge in [0.25, 0.3) is 0 Å². The van der Waals surface area contributed by atoms with Crippen molar-refractivity contribution in [2.45, 2.75) is 82.8 Å². The highest BCUT2D eigenvalue weighted by Crippen LogP contribution is 2.34. The van der Waals surface area contributed by atoms with Crippen LogP contribution in [0.3, 0.4) is 0 Å². The standard InChI is InChI=1S/C17H32N2/c1-13-3-5-14(6-4-13)9-10-18-15-11-16-7-8-17(12-15)19(16)2/h13-18H,3-12H2,1-2H3. The Morgan fingerprint density at radius 3 is 2.21 bits per heavy atom. The molecule has 110 valence electrons. The number of hydrogen-bond acceptors (Lipinski definition) is 2. The minimum absolute atomic E-state index is 0.816. The predicted octanol–water partition coefficient (Wildman–Crippen LogP) is 3.42.